The molecule has 3 aromatic carbocycles. The van der Waals surface area contributed by atoms with Crippen LogP contribution < -0.4 is 4.74 Å². The van der Waals surface area contributed by atoms with Crippen molar-refractivity contribution in [1.82, 2.24) is 8.96 Å². The third kappa shape index (κ3) is 4.12. The summed E-state index contributed by atoms with van der Waals surface area (Å²) in [4.78, 5) is 15.2. The number of thioether (sulfide) groups is 1. The Balaban J connectivity index is 1.75. The van der Waals surface area contributed by atoms with Crippen molar-refractivity contribution in [3.63, 3.8) is 0 Å². The minimum absolute atomic E-state index is 0.0162. The van der Waals surface area contributed by atoms with Crippen molar-refractivity contribution in [3.8, 4) is 5.75 Å². The number of non-ortho nitro benzene ring substituents is 1. The minimum Gasteiger partial charge on any atom is -0.497 e. The Morgan fingerprint density at radius 2 is 1.81 bits per heavy atom. The van der Waals surface area contributed by atoms with Gasteiger partial charge in [0.25, 0.3) is 15.7 Å². The first-order valence-electron chi connectivity index (χ1n) is 9.13. The number of nitro benzene ring substituents is 1. The van der Waals surface area contributed by atoms with Gasteiger partial charge in [-0.1, -0.05) is 36.0 Å². The molecule has 0 aliphatic heterocycles. The van der Waals surface area contributed by atoms with E-state index in [0.717, 1.165) is 0 Å². The Morgan fingerprint density at radius 1 is 1.06 bits per heavy atom. The molecule has 0 bridgehead atoms. The van der Waals surface area contributed by atoms with Crippen molar-refractivity contribution in [1.29, 1.82) is 0 Å². The number of benzene rings is 3. The molecule has 0 radical (unpaired) electrons. The van der Waals surface area contributed by atoms with Crippen LogP contribution in [-0.4, -0.2) is 29.4 Å². The van der Waals surface area contributed by atoms with Crippen LogP contribution in [0.4, 0.5) is 5.69 Å². The van der Waals surface area contributed by atoms with Gasteiger partial charge in [0, 0.05) is 17.9 Å². The number of rotatable bonds is 7. The van der Waals surface area contributed by atoms with Crippen molar-refractivity contribution >= 4 is 38.5 Å². The van der Waals surface area contributed by atoms with E-state index in [0.29, 0.717) is 28.1 Å². The second-order valence-electron chi connectivity index (χ2n) is 6.54. The number of aromatic nitrogens is 2. The zero-order valence-electron chi connectivity index (χ0n) is 16.3. The third-order valence-electron chi connectivity index (χ3n) is 4.58. The number of nitrogens with zero attached hydrogens (tertiary/aromatic N) is 3. The first-order chi connectivity index (χ1) is 14.9. The lowest BCUT2D eigenvalue weighted by Crippen LogP contribution is -2.14. The highest BCUT2D eigenvalue weighted by atomic mass is 32.2. The fraction of sp³-hybridized carbons (Fsp3) is 0.0952. The second kappa shape index (κ2) is 8.40. The van der Waals surface area contributed by atoms with Crippen molar-refractivity contribution < 1.29 is 18.1 Å². The lowest BCUT2D eigenvalue weighted by Gasteiger charge is -2.11. The largest absolute Gasteiger partial charge is 0.497 e. The Hall–Kier alpha value is -3.37. The third-order valence-corrected chi connectivity index (χ3v) is 7.42. The van der Waals surface area contributed by atoms with Gasteiger partial charge in [-0.25, -0.2) is 17.4 Å². The average molecular weight is 456 g/mol. The van der Waals surface area contributed by atoms with Crippen molar-refractivity contribution in [2.75, 3.05) is 7.11 Å². The lowest BCUT2D eigenvalue weighted by atomic mass is 10.2. The predicted molar refractivity (Wildman–Crippen MR) is 118 cm³/mol. The molecule has 1 aromatic heterocycles. The number of fused-ring (bicyclic) bond motifs is 1. The van der Waals surface area contributed by atoms with Crippen LogP contribution in [0.5, 0.6) is 5.75 Å². The van der Waals surface area contributed by atoms with Gasteiger partial charge in [0.15, 0.2) is 5.16 Å². The molecular weight excluding hydrogens is 438 g/mol. The van der Waals surface area contributed by atoms with Gasteiger partial charge in [-0.3, -0.25) is 10.1 Å². The maximum Gasteiger partial charge on any atom is 0.270 e. The molecule has 4 aromatic rings. The smallest absolute Gasteiger partial charge is 0.270 e. The summed E-state index contributed by atoms with van der Waals surface area (Å²) in [6.07, 6.45) is 0. The van der Waals surface area contributed by atoms with E-state index >= 15 is 0 Å². The van der Waals surface area contributed by atoms with Crippen LogP contribution >= 0.6 is 11.8 Å². The van der Waals surface area contributed by atoms with Crippen LogP contribution in [0.15, 0.2) is 82.8 Å². The van der Waals surface area contributed by atoms with E-state index in [-0.39, 0.29) is 15.7 Å². The van der Waals surface area contributed by atoms with Crippen LogP contribution in [0.1, 0.15) is 5.56 Å². The average Bonchev–Trinajstić information content (AvgIpc) is 3.17. The molecule has 0 atom stereocenters. The monoisotopic (exact) mass is 455 g/mol. The molecule has 0 saturated carbocycles. The topological polar surface area (TPSA) is 104 Å². The Kier molecular flexibility index (Phi) is 5.66. The highest BCUT2D eigenvalue weighted by molar-refractivity contribution is 7.99. The summed E-state index contributed by atoms with van der Waals surface area (Å²) < 4.78 is 33.3. The first kappa shape index (κ1) is 20.9. The van der Waals surface area contributed by atoms with Crippen molar-refractivity contribution in [2.24, 2.45) is 0 Å². The normalized spacial score (nSPS) is 11.5. The van der Waals surface area contributed by atoms with Gasteiger partial charge >= 0.3 is 0 Å². The van der Waals surface area contributed by atoms with E-state index in [1.807, 2.05) is 0 Å². The molecule has 4 rings (SSSR count). The summed E-state index contributed by atoms with van der Waals surface area (Å²) in [6, 6.07) is 19.4. The van der Waals surface area contributed by atoms with Crippen LogP contribution in [-0.2, 0) is 15.8 Å². The quantitative estimate of drug-likeness (QED) is 0.230. The van der Waals surface area contributed by atoms with E-state index in [2.05, 4.69) is 4.98 Å². The molecule has 0 aliphatic carbocycles. The van der Waals surface area contributed by atoms with Gasteiger partial charge in [0.2, 0.25) is 0 Å². The predicted octanol–water partition coefficient (Wildman–Crippen LogP) is 4.48. The molecular formula is C21H17N3O5S2. The second-order valence-corrected chi connectivity index (χ2v) is 9.27. The molecule has 0 amide bonds. The molecule has 158 valence electrons. The Bertz CT molecular complexity index is 1370. The Labute approximate surface area is 182 Å². The van der Waals surface area contributed by atoms with E-state index in [1.54, 1.807) is 48.5 Å². The molecule has 31 heavy (non-hydrogen) atoms. The summed E-state index contributed by atoms with van der Waals surface area (Å²) in [5.41, 5.74) is 1.68. The van der Waals surface area contributed by atoms with Crippen LogP contribution in [0, 0.1) is 10.1 Å². The molecule has 0 saturated heterocycles. The van der Waals surface area contributed by atoms with Gasteiger partial charge in [-0.2, -0.15) is 0 Å². The number of ether oxygens (including phenoxy) is 1. The zero-order valence-corrected chi connectivity index (χ0v) is 18.0. The maximum absolute atomic E-state index is 13.5. The maximum atomic E-state index is 13.5. The fourth-order valence-corrected chi connectivity index (χ4v) is 5.72. The lowest BCUT2D eigenvalue weighted by molar-refractivity contribution is -0.384. The highest BCUT2D eigenvalue weighted by Gasteiger charge is 2.24. The van der Waals surface area contributed by atoms with Gasteiger partial charge in [0.1, 0.15) is 5.75 Å². The van der Waals surface area contributed by atoms with E-state index in [9.17, 15) is 18.5 Å². The zero-order chi connectivity index (χ0) is 22.0. The summed E-state index contributed by atoms with van der Waals surface area (Å²) >= 11 is 1.20. The summed E-state index contributed by atoms with van der Waals surface area (Å²) in [6.45, 7) is 0. The molecule has 8 nitrogen and oxygen atoms in total. The van der Waals surface area contributed by atoms with Gasteiger partial charge < -0.3 is 4.74 Å². The van der Waals surface area contributed by atoms with Crippen LogP contribution in [0.2, 0.25) is 0 Å². The molecule has 0 unspecified atom stereocenters. The molecule has 0 fully saturated rings. The van der Waals surface area contributed by atoms with Gasteiger partial charge in [-0.15, -0.1) is 0 Å². The number of hydrogen-bond donors (Lipinski definition) is 0. The first-order valence-corrected chi connectivity index (χ1v) is 11.6. The Morgan fingerprint density at radius 3 is 2.52 bits per heavy atom. The summed E-state index contributed by atoms with van der Waals surface area (Å²) in [7, 11) is -2.42. The molecule has 10 heteroatoms. The SMILES string of the molecule is COc1ccc(S(=O)(=O)n2c(SCc3cccc([N+](=O)[O-])c3)nc3ccccc32)cc1. The van der Waals surface area contributed by atoms with Crippen molar-refractivity contribution in [2.45, 2.75) is 15.8 Å². The number of hydrogen-bond acceptors (Lipinski definition) is 7. The standard InChI is InChI=1S/C21H17N3O5S2/c1-29-17-9-11-18(12-10-17)31(27,28)23-20-8-3-2-7-19(20)22-21(23)30-14-15-5-4-6-16(13-15)24(25)26/h2-13H,14H2,1H3. The molecule has 1 heterocycles. The molecule has 0 N–H and O–H groups in total. The molecule has 0 aliphatic rings. The summed E-state index contributed by atoms with van der Waals surface area (Å²) in [5, 5.41) is 11.3. The molecule has 0 spiro atoms. The van der Waals surface area contributed by atoms with E-state index in [4.69, 9.17) is 4.74 Å². The highest BCUT2D eigenvalue weighted by Crippen LogP contribution is 2.31. The van der Waals surface area contributed by atoms with Gasteiger partial charge in [-0.05, 0) is 42.0 Å². The van der Waals surface area contributed by atoms with Crippen LogP contribution in [0.3, 0.4) is 0 Å². The van der Waals surface area contributed by atoms with Crippen LogP contribution in [0.25, 0.3) is 11.0 Å². The summed E-state index contributed by atoms with van der Waals surface area (Å²) in [5.74, 6) is 0.873. The van der Waals surface area contributed by atoms with Crippen molar-refractivity contribution in [3.05, 3.63) is 88.5 Å². The number of methoxy groups -OCH3 is 1. The number of imidazole rings is 1. The van der Waals surface area contributed by atoms with Gasteiger partial charge in [0.05, 0.1) is 28.0 Å². The van der Waals surface area contributed by atoms with E-state index in [1.165, 1.54) is 47.1 Å². The number of nitro groups is 1. The minimum atomic E-state index is -3.93. The van der Waals surface area contributed by atoms with E-state index < -0.39 is 14.9 Å². The fourth-order valence-electron chi connectivity index (χ4n) is 3.07. The number of para-hydroxylation sites is 2.